The quantitative estimate of drug-likeness (QED) is 0.801. The molecule has 0 unspecified atom stereocenters. The summed E-state index contributed by atoms with van der Waals surface area (Å²) in [4.78, 5) is 11.7. The zero-order valence-corrected chi connectivity index (χ0v) is 11.9. The molecule has 0 saturated heterocycles. The molecule has 2 rings (SSSR count). The highest BCUT2D eigenvalue weighted by atomic mass is 19.1. The molecule has 106 valence electrons. The fraction of sp³-hybridized carbons (Fsp3) is 0.312. The summed E-state index contributed by atoms with van der Waals surface area (Å²) in [6.07, 6.45) is 0.221. The maximum Gasteiger partial charge on any atom is 0.307 e. The van der Waals surface area contributed by atoms with Crippen LogP contribution in [0, 0.1) is 19.7 Å². The van der Waals surface area contributed by atoms with Gasteiger partial charge in [-0.05, 0) is 43.7 Å². The zero-order valence-electron chi connectivity index (χ0n) is 11.9. The third-order valence-electron chi connectivity index (χ3n) is 3.48. The number of halogens is 1. The summed E-state index contributed by atoms with van der Waals surface area (Å²) in [6.45, 7) is 3.97. The predicted molar refractivity (Wildman–Crippen MR) is 75.1 cm³/mol. The SMILES string of the molecule is COC(=O)C[C@@H](c1ccc(F)cc1)n1c(C)ccc1C. The van der Waals surface area contributed by atoms with Crippen LogP contribution in [0.1, 0.15) is 29.4 Å². The van der Waals surface area contributed by atoms with Gasteiger partial charge in [0.1, 0.15) is 5.82 Å². The Morgan fingerprint density at radius 2 is 1.70 bits per heavy atom. The molecule has 4 heteroatoms. The van der Waals surface area contributed by atoms with Gasteiger partial charge in [-0.2, -0.15) is 0 Å². The minimum atomic E-state index is -0.286. The fourth-order valence-electron chi connectivity index (χ4n) is 2.46. The molecule has 0 radical (unpaired) electrons. The lowest BCUT2D eigenvalue weighted by molar-refractivity contribution is -0.141. The summed E-state index contributed by atoms with van der Waals surface area (Å²) in [5.74, 6) is -0.571. The molecule has 0 aliphatic rings. The van der Waals surface area contributed by atoms with Crippen molar-refractivity contribution in [3.05, 3.63) is 59.2 Å². The number of carbonyl (C=O) groups is 1. The van der Waals surface area contributed by atoms with Gasteiger partial charge in [-0.1, -0.05) is 12.1 Å². The van der Waals surface area contributed by atoms with E-state index >= 15 is 0 Å². The van der Waals surface area contributed by atoms with Gasteiger partial charge in [0, 0.05) is 11.4 Å². The van der Waals surface area contributed by atoms with Crippen molar-refractivity contribution < 1.29 is 13.9 Å². The molecule has 1 aromatic carbocycles. The number of benzene rings is 1. The van der Waals surface area contributed by atoms with Gasteiger partial charge in [0.2, 0.25) is 0 Å². The van der Waals surface area contributed by atoms with Crippen LogP contribution in [0.25, 0.3) is 0 Å². The molecule has 0 spiro atoms. The van der Waals surface area contributed by atoms with Crippen LogP contribution in [0.2, 0.25) is 0 Å². The van der Waals surface area contributed by atoms with E-state index in [-0.39, 0.29) is 24.2 Å². The van der Waals surface area contributed by atoms with Crippen LogP contribution in [-0.2, 0) is 9.53 Å². The van der Waals surface area contributed by atoms with Gasteiger partial charge in [0.25, 0.3) is 0 Å². The number of hydrogen-bond acceptors (Lipinski definition) is 2. The van der Waals surface area contributed by atoms with Gasteiger partial charge in [-0.25, -0.2) is 4.39 Å². The van der Waals surface area contributed by atoms with E-state index in [1.807, 2.05) is 26.0 Å². The van der Waals surface area contributed by atoms with Crippen molar-refractivity contribution in [1.29, 1.82) is 0 Å². The van der Waals surface area contributed by atoms with Crippen LogP contribution in [0.3, 0.4) is 0 Å². The van der Waals surface area contributed by atoms with Crippen LogP contribution in [0.5, 0.6) is 0 Å². The molecule has 1 atom stereocenters. The summed E-state index contributed by atoms with van der Waals surface area (Å²) in [5, 5.41) is 0. The van der Waals surface area contributed by atoms with Crippen LogP contribution in [0.4, 0.5) is 4.39 Å². The lowest BCUT2D eigenvalue weighted by Gasteiger charge is -2.22. The van der Waals surface area contributed by atoms with Gasteiger partial charge in [0.05, 0.1) is 19.6 Å². The Hall–Kier alpha value is -2.10. The van der Waals surface area contributed by atoms with Gasteiger partial charge in [0.15, 0.2) is 0 Å². The highest BCUT2D eigenvalue weighted by Crippen LogP contribution is 2.27. The monoisotopic (exact) mass is 275 g/mol. The lowest BCUT2D eigenvalue weighted by Crippen LogP contribution is -2.18. The number of hydrogen-bond donors (Lipinski definition) is 0. The summed E-state index contributed by atoms with van der Waals surface area (Å²) >= 11 is 0. The number of nitrogens with zero attached hydrogens (tertiary/aromatic N) is 1. The Morgan fingerprint density at radius 1 is 1.15 bits per heavy atom. The first-order valence-electron chi connectivity index (χ1n) is 6.49. The van der Waals surface area contributed by atoms with Gasteiger partial charge < -0.3 is 9.30 Å². The van der Waals surface area contributed by atoms with Crippen molar-refractivity contribution in [3.8, 4) is 0 Å². The second-order valence-corrected chi connectivity index (χ2v) is 4.83. The van der Waals surface area contributed by atoms with E-state index in [2.05, 4.69) is 4.57 Å². The summed E-state index contributed by atoms with van der Waals surface area (Å²) < 4.78 is 19.9. The van der Waals surface area contributed by atoms with Crippen molar-refractivity contribution in [2.24, 2.45) is 0 Å². The second kappa shape index (κ2) is 5.90. The smallest absolute Gasteiger partial charge is 0.307 e. The number of aryl methyl sites for hydroxylation is 2. The van der Waals surface area contributed by atoms with E-state index in [1.54, 1.807) is 12.1 Å². The van der Waals surface area contributed by atoms with Crippen molar-refractivity contribution in [2.75, 3.05) is 7.11 Å². The Balaban J connectivity index is 2.44. The maximum atomic E-state index is 13.1. The van der Waals surface area contributed by atoms with Crippen LogP contribution < -0.4 is 0 Å². The van der Waals surface area contributed by atoms with E-state index < -0.39 is 0 Å². The number of rotatable bonds is 4. The van der Waals surface area contributed by atoms with Crippen molar-refractivity contribution in [2.45, 2.75) is 26.3 Å². The number of esters is 1. The number of ether oxygens (including phenoxy) is 1. The Bertz CT molecular complexity index is 582. The van der Waals surface area contributed by atoms with Crippen molar-refractivity contribution in [3.63, 3.8) is 0 Å². The maximum absolute atomic E-state index is 13.1. The van der Waals surface area contributed by atoms with Gasteiger partial charge in [-0.15, -0.1) is 0 Å². The molecule has 0 saturated carbocycles. The molecule has 0 fully saturated rings. The summed E-state index contributed by atoms with van der Waals surface area (Å²) in [6, 6.07) is 10.1. The normalized spacial score (nSPS) is 12.2. The predicted octanol–water partition coefficient (Wildman–Crippen LogP) is 3.40. The zero-order chi connectivity index (χ0) is 14.7. The van der Waals surface area contributed by atoms with E-state index in [0.29, 0.717) is 0 Å². The number of methoxy groups -OCH3 is 1. The average molecular weight is 275 g/mol. The highest BCUT2D eigenvalue weighted by Gasteiger charge is 2.20. The first kappa shape index (κ1) is 14.3. The molecule has 0 bridgehead atoms. The summed E-state index contributed by atoms with van der Waals surface area (Å²) in [7, 11) is 1.37. The number of carbonyl (C=O) groups excluding carboxylic acids is 1. The Morgan fingerprint density at radius 3 is 2.20 bits per heavy atom. The van der Waals surface area contributed by atoms with Crippen molar-refractivity contribution in [1.82, 2.24) is 4.57 Å². The largest absolute Gasteiger partial charge is 0.469 e. The van der Waals surface area contributed by atoms with E-state index in [4.69, 9.17) is 4.74 Å². The highest BCUT2D eigenvalue weighted by molar-refractivity contribution is 5.70. The minimum absolute atomic E-state index is 0.182. The Labute approximate surface area is 118 Å². The molecular weight excluding hydrogens is 257 g/mol. The third kappa shape index (κ3) is 2.90. The number of aromatic nitrogens is 1. The third-order valence-corrected chi connectivity index (χ3v) is 3.48. The van der Waals surface area contributed by atoms with E-state index in [9.17, 15) is 9.18 Å². The van der Waals surface area contributed by atoms with Crippen LogP contribution >= 0.6 is 0 Å². The lowest BCUT2D eigenvalue weighted by atomic mass is 10.0. The van der Waals surface area contributed by atoms with Crippen LogP contribution in [0.15, 0.2) is 36.4 Å². The van der Waals surface area contributed by atoms with E-state index in [1.165, 1.54) is 19.2 Å². The molecule has 1 aromatic heterocycles. The first-order chi connectivity index (χ1) is 9.52. The average Bonchev–Trinajstić information content (AvgIpc) is 2.76. The molecule has 2 aromatic rings. The van der Waals surface area contributed by atoms with Gasteiger partial charge >= 0.3 is 5.97 Å². The Kier molecular flexibility index (Phi) is 4.23. The van der Waals surface area contributed by atoms with Gasteiger partial charge in [-0.3, -0.25) is 4.79 Å². The first-order valence-corrected chi connectivity index (χ1v) is 6.49. The molecular formula is C16H18FNO2. The molecule has 0 N–H and O–H groups in total. The topological polar surface area (TPSA) is 31.2 Å². The summed E-state index contributed by atoms with van der Waals surface area (Å²) in [5.41, 5.74) is 3.00. The molecule has 1 heterocycles. The molecule has 0 amide bonds. The van der Waals surface area contributed by atoms with Crippen molar-refractivity contribution >= 4 is 5.97 Å². The molecule has 3 nitrogen and oxygen atoms in total. The molecule has 20 heavy (non-hydrogen) atoms. The fourth-order valence-corrected chi connectivity index (χ4v) is 2.46. The second-order valence-electron chi connectivity index (χ2n) is 4.83. The molecule has 0 aliphatic heterocycles. The standard InChI is InChI=1S/C16H18FNO2/c1-11-4-5-12(2)18(11)15(10-16(19)20-3)13-6-8-14(17)9-7-13/h4-9,15H,10H2,1-3H3/t15-/m0/s1. The minimum Gasteiger partial charge on any atom is -0.469 e. The van der Waals surface area contributed by atoms with Crippen LogP contribution in [-0.4, -0.2) is 17.6 Å². The van der Waals surface area contributed by atoms with E-state index in [0.717, 1.165) is 17.0 Å². The molecule has 0 aliphatic carbocycles.